The molecule has 0 amide bonds. The smallest absolute Gasteiger partial charge is 0.275 e. The van der Waals surface area contributed by atoms with E-state index in [-0.39, 0.29) is 16.1 Å². The number of H-pyrrole nitrogens is 1. The van der Waals surface area contributed by atoms with E-state index in [4.69, 9.17) is 11.6 Å². The summed E-state index contributed by atoms with van der Waals surface area (Å²) < 4.78 is 14.2. The highest BCUT2D eigenvalue weighted by molar-refractivity contribution is 6.30. The largest absolute Gasteiger partial charge is 0.311 e. The minimum Gasteiger partial charge on any atom is -0.311 e. The fourth-order valence-corrected chi connectivity index (χ4v) is 1.43. The molecule has 0 saturated carbocycles. The Hall–Kier alpha value is -1.36. The van der Waals surface area contributed by atoms with Crippen LogP contribution < -0.4 is 5.56 Å². The van der Waals surface area contributed by atoms with Gasteiger partial charge in [0.05, 0.1) is 5.39 Å². The van der Waals surface area contributed by atoms with Gasteiger partial charge in [0.15, 0.2) is 0 Å². The van der Waals surface area contributed by atoms with E-state index in [0.717, 1.165) is 0 Å². The van der Waals surface area contributed by atoms with Crippen molar-refractivity contribution in [1.29, 1.82) is 0 Å². The van der Waals surface area contributed by atoms with Gasteiger partial charge in [-0.25, -0.2) is 0 Å². The lowest BCUT2D eigenvalue weighted by atomic mass is 10.3. The first-order valence-electron chi connectivity index (χ1n) is 3.50. The first-order chi connectivity index (χ1) is 6.09. The molecule has 0 bridgehead atoms. The predicted octanol–water partition coefficient (Wildman–Crippen LogP) is 1.05. The number of fused-ring (bicyclic) bond motifs is 1. The second-order valence-corrected chi connectivity index (χ2v) is 3.03. The molecule has 6 heteroatoms. The van der Waals surface area contributed by atoms with Crippen molar-refractivity contribution in [2.45, 2.75) is 0 Å². The van der Waals surface area contributed by atoms with Crippen LogP contribution in [0, 0.1) is 5.95 Å². The fourth-order valence-electron chi connectivity index (χ4n) is 1.24. The highest BCUT2D eigenvalue weighted by Crippen LogP contribution is 2.15. The van der Waals surface area contributed by atoms with Gasteiger partial charge in [0.2, 0.25) is 5.95 Å². The summed E-state index contributed by atoms with van der Waals surface area (Å²) in [5.74, 6) is -0.689. The van der Waals surface area contributed by atoms with Crippen LogP contribution in [0.3, 0.4) is 0 Å². The number of aryl methyl sites for hydroxylation is 1. The van der Waals surface area contributed by atoms with Gasteiger partial charge in [-0.3, -0.25) is 9.48 Å². The van der Waals surface area contributed by atoms with E-state index in [1.807, 2.05) is 0 Å². The zero-order valence-corrected chi connectivity index (χ0v) is 7.39. The van der Waals surface area contributed by atoms with Gasteiger partial charge in [-0.15, -0.1) is 5.10 Å². The molecule has 2 rings (SSSR count). The SMILES string of the molecule is Cn1nc(F)c2cc(Cl)[nH]c(=O)c21. The van der Waals surface area contributed by atoms with Crippen LogP contribution in [0.2, 0.25) is 5.15 Å². The second-order valence-electron chi connectivity index (χ2n) is 2.62. The fraction of sp³-hybridized carbons (Fsp3) is 0.143. The number of rotatable bonds is 0. The Kier molecular flexibility index (Phi) is 1.63. The number of nitrogens with one attached hydrogen (secondary N) is 1. The monoisotopic (exact) mass is 201 g/mol. The molecule has 0 aromatic carbocycles. The average Bonchev–Trinajstić information content (AvgIpc) is 2.27. The number of aromatic nitrogens is 3. The van der Waals surface area contributed by atoms with Crippen LogP contribution in [0.25, 0.3) is 10.9 Å². The summed E-state index contributed by atoms with van der Waals surface area (Å²) in [6.45, 7) is 0. The Labute approximate surface area is 76.9 Å². The van der Waals surface area contributed by atoms with Gasteiger partial charge < -0.3 is 4.98 Å². The summed E-state index contributed by atoms with van der Waals surface area (Å²) in [6, 6.07) is 1.33. The molecule has 2 aromatic rings. The lowest BCUT2D eigenvalue weighted by Crippen LogP contribution is -2.09. The number of nitrogens with zero attached hydrogens (tertiary/aromatic N) is 2. The minimum atomic E-state index is -0.689. The molecule has 2 heterocycles. The van der Waals surface area contributed by atoms with Crippen LogP contribution in [0.1, 0.15) is 0 Å². The maximum atomic E-state index is 13.0. The zero-order valence-electron chi connectivity index (χ0n) is 6.64. The third-order valence-corrected chi connectivity index (χ3v) is 1.96. The number of pyridine rings is 1. The van der Waals surface area contributed by atoms with Crippen molar-refractivity contribution in [2.24, 2.45) is 7.05 Å². The third kappa shape index (κ3) is 1.12. The molecule has 0 unspecified atom stereocenters. The number of hydrogen-bond acceptors (Lipinski definition) is 2. The minimum absolute atomic E-state index is 0.101. The second kappa shape index (κ2) is 2.56. The zero-order chi connectivity index (χ0) is 9.59. The van der Waals surface area contributed by atoms with Gasteiger partial charge in [-0.2, -0.15) is 4.39 Å². The predicted molar refractivity (Wildman–Crippen MR) is 46.3 cm³/mol. The normalized spacial score (nSPS) is 11.0. The van der Waals surface area contributed by atoms with Crippen LogP contribution in [0.4, 0.5) is 4.39 Å². The van der Waals surface area contributed by atoms with Crippen molar-refractivity contribution < 1.29 is 4.39 Å². The van der Waals surface area contributed by atoms with E-state index in [1.54, 1.807) is 0 Å². The van der Waals surface area contributed by atoms with Crippen LogP contribution in [0.5, 0.6) is 0 Å². The molecule has 2 aromatic heterocycles. The number of halogens is 2. The Balaban J connectivity index is 3.06. The molecule has 0 fully saturated rings. The number of hydrogen-bond donors (Lipinski definition) is 1. The van der Waals surface area contributed by atoms with Crippen molar-refractivity contribution in [3.05, 3.63) is 27.5 Å². The maximum Gasteiger partial charge on any atom is 0.275 e. The summed E-state index contributed by atoms with van der Waals surface area (Å²) in [7, 11) is 1.49. The molecule has 0 radical (unpaired) electrons. The summed E-state index contributed by atoms with van der Waals surface area (Å²) >= 11 is 5.55. The van der Waals surface area contributed by atoms with Crippen molar-refractivity contribution >= 4 is 22.5 Å². The molecular weight excluding hydrogens is 197 g/mol. The highest BCUT2D eigenvalue weighted by Gasteiger charge is 2.11. The standard InChI is InChI=1S/C7H5ClFN3O/c1-12-5-3(6(9)11-12)2-4(8)10-7(5)13/h2H,1H3,(H,10,13). The van der Waals surface area contributed by atoms with E-state index in [1.165, 1.54) is 17.8 Å². The first-order valence-corrected chi connectivity index (χ1v) is 3.88. The van der Waals surface area contributed by atoms with Gasteiger partial charge in [0.25, 0.3) is 5.56 Å². The molecule has 0 spiro atoms. The first kappa shape index (κ1) is 8.25. The quantitative estimate of drug-likeness (QED) is 0.648. The summed E-state index contributed by atoms with van der Waals surface area (Å²) in [4.78, 5) is 13.6. The lowest BCUT2D eigenvalue weighted by Gasteiger charge is -1.92. The van der Waals surface area contributed by atoms with Crippen molar-refractivity contribution in [2.75, 3.05) is 0 Å². The summed E-state index contributed by atoms with van der Waals surface area (Å²) in [5.41, 5.74) is -0.261. The van der Waals surface area contributed by atoms with E-state index in [9.17, 15) is 9.18 Å². The molecular formula is C7H5ClFN3O. The van der Waals surface area contributed by atoms with Gasteiger partial charge in [0, 0.05) is 7.05 Å². The molecule has 1 N–H and O–H groups in total. The molecule has 68 valence electrons. The van der Waals surface area contributed by atoms with E-state index < -0.39 is 11.5 Å². The Bertz CT molecular complexity index is 530. The van der Waals surface area contributed by atoms with E-state index in [0.29, 0.717) is 0 Å². The van der Waals surface area contributed by atoms with Crippen LogP contribution >= 0.6 is 11.6 Å². The van der Waals surface area contributed by atoms with Gasteiger partial charge in [-0.05, 0) is 6.07 Å². The molecule has 0 saturated heterocycles. The van der Waals surface area contributed by atoms with Crippen LogP contribution in [0.15, 0.2) is 10.9 Å². The van der Waals surface area contributed by atoms with Crippen molar-refractivity contribution in [3.8, 4) is 0 Å². The Morgan fingerprint density at radius 1 is 1.69 bits per heavy atom. The molecule has 0 aliphatic rings. The molecule has 13 heavy (non-hydrogen) atoms. The third-order valence-electron chi connectivity index (χ3n) is 1.76. The van der Waals surface area contributed by atoms with E-state index >= 15 is 0 Å². The highest BCUT2D eigenvalue weighted by atomic mass is 35.5. The van der Waals surface area contributed by atoms with Gasteiger partial charge in [0.1, 0.15) is 10.7 Å². The number of aromatic amines is 1. The molecule has 0 aliphatic heterocycles. The van der Waals surface area contributed by atoms with E-state index in [2.05, 4.69) is 10.1 Å². The molecule has 4 nitrogen and oxygen atoms in total. The molecule has 0 aliphatic carbocycles. The summed E-state index contributed by atoms with van der Waals surface area (Å²) in [5, 5.41) is 3.70. The Morgan fingerprint density at radius 3 is 3.08 bits per heavy atom. The van der Waals surface area contributed by atoms with Gasteiger partial charge in [-0.1, -0.05) is 11.6 Å². The average molecular weight is 202 g/mol. The van der Waals surface area contributed by atoms with Crippen LogP contribution in [-0.4, -0.2) is 14.8 Å². The van der Waals surface area contributed by atoms with Gasteiger partial charge >= 0.3 is 0 Å². The van der Waals surface area contributed by atoms with Crippen LogP contribution in [-0.2, 0) is 7.05 Å². The summed E-state index contributed by atoms with van der Waals surface area (Å²) in [6.07, 6.45) is 0. The maximum absolute atomic E-state index is 13.0. The Morgan fingerprint density at radius 2 is 2.38 bits per heavy atom. The molecule has 0 atom stereocenters. The van der Waals surface area contributed by atoms with Crippen molar-refractivity contribution in [3.63, 3.8) is 0 Å². The van der Waals surface area contributed by atoms with Crippen molar-refractivity contribution in [1.82, 2.24) is 14.8 Å². The topological polar surface area (TPSA) is 50.7 Å². The lowest BCUT2D eigenvalue weighted by molar-refractivity contribution is 0.562.